The molecule has 4 aromatic rings. The van der Waals surface area contributed by atoms with Gasteiger partial charge < -0.3 is 4.74 Å². The van der Waals surface area contributed by atoms with E-state index in [1.54, 1.807) is 30.2 Å². The van der Waals surface area contributed by atoms with Crippen LogP contribution in [0, 0.1) is 0 Å². The van der Waals surface area contributed by atoms with Crippen LogP contribution in [-0.2, 0) is 10.5 Å². The number of aromatic amines is 1. The highest BCUT2D eigenvalue weighted by atomic mass is 35.5. The van der Waals surface area contributed by atoms with Crippen LogP contribution >= 0.6 is 34.7 Å². The highest BCUT2D eigenvalue weighted by Gasteiger charge is 2.18. The summed E-state index contributed by atoms with van der Waals surface area (Å²) in [4.78, 5) is 23.0. The Morgan fingerprint density at radius 3 is 2.77 bits per heavy atom. The van der Waals surface area contributed by atoms with Crippen LogP contribution in [0.25, 0.3) is 11.4 Å². The summed E-state index contributed by atoms with van der Waals surface area (Å²) in [5, 5.41) is 10.9. The van der Waals surface area contributed by atoms with E-state index in [1.165, 1.54) is 30.0 Å². The van der Waals surface area contributed by atoms with Crippen LogP contribution in [0.3, 0.4) is 0 Å². The van der Waals surface area contributed by atoms with Crippen LogP contribution in [0.5, 0.6) is 5.75 Å². The van der Waals surface area contributed by atoms with Gasteiger partial charge in [0.15, 0.2) is 11.0 Å². The van der Waals surface area contributed by atoms with Gasteiger partial charge in [-0.3, -0.25) is 14.8 Å². The number of thiazole rings is 1. The van der Waals surface area contributed by atoms with Crippen molar-refractivity contribution in [3.8, 4) is 17.1 Å². The number of H-pyrrole nitrogens is 1. The number of anilines is 2. The molecule has 4 rings (SSSR count). The summed E-state index contributed by atoms with van der Waals surface area (Å²) in [7, 11) is 1.60. The van der Waals surface area contributed by atoms with E-state index in [0.29, 0.717) is 32.6 Å². The molecular weight excluding hydrogens is 454 g/mol. The average molecular weight is 472 g/mol. The molecule has 0 aliphatic heterocycles. The first-order valence-electron chi connectivity index (χ1n) is 9.24. The zero-order valence-corrected chi connectivity index (χ0v) is 19.1. The molecule has 0 saturated heterocycles. The normalized spacial score (nSPS) is 10.8. The number of halogens is 1. The first kappa shape index (κ1) is 21.4. The number of thioether (sulfide) groups is 1. The quantitative estimate of drug-likeness (QED) is 0.355. The second kappa shape index (κ2) is 9.51. The van der Waals surface area contributed by atoms with Gasteiger partial charge in [0.1, 0.15) is 5.75 Å². The highest BCUT2D eigenvalue weighted by Crippen LogP contribution is 2.33. The largest absolute Gasteiger partial charge is 0.496 e. The lowest BCUT2D eigenvalue weighted by Gasteiger charge is -2.17. The fourth-order valence-corrected chi connectivity index (χ4v) is 4.76. The monoisotopic (exact) mass is 471 g/mol. The van der Waals surface area contributed by atoms with Crippen molar-refractivity contribution in [3.05, 3.63) is 64.6 Å². The molecule has 0 aliphatic rings. The zero-order chi connectivity index (χ0) is 21.8. The van der Waals surface area contributed by atoms with E-state index in [2.05, 4.69) is 20.2 Å². The van der Waals surface area contributed by atoms with Crippen molar-refractivity contribution < 1.29 is 9.53 Å². The lowest BCUT2D eigenvalue weighted by molar-refractivity contribution is -0.115. The van der Waals surface area contributed by atoms with Crippen LogP contribution in [0.2, 0.25) is 5.02 Å². The number of methoxy groups -OCH3 is 1. The summed E-state index contributed by atoms with van der Waals surface area (Å²) < 4.78 is 5.38. The molecule has 0 saturated carbocycles. The number of amides is 1. The molecule has 1 N–H and O–H groups in total. The van der Waals surface area contributed by atoms with E-state index >= 15 is 0 Å². The fourth-order valence-electron chi connectivity index (χ4n) is 2.90. The number of para-hydroxylation sites is 1. The Morgan fingerprint density at radius 1 is 1.23 bits per heavy atom. The van der Waals surface area contributed by atoms with Gasteiger partial charge in [-0.05, 0) is 30.3 Å². The van der Waals surface area contributed by atoms with E-state index in [4.69, 9.17) is 16.3 Å². The molecular formula is C21H18ClN5O2S2. The predicted molar refractivity (Wildman–Crippen MR) is 124 cm³/mol. The molecule has 7 nitrogen and oxygen atoms in total. The number of nitrogens with zero attached hydrogens (tertiary/aromatic N) is 4. The maximum absolute atomic E-state index is 12.2. The molecule has 0 radical (unpaired) electrons. The standard InChI is InChI=1S/C21H18ClN5O2S2/c1-13(28)27(16-6-4-3-5-7-16)21-23-15(12-31-21)11-30-20-24-19(25-26-20)17-10-14(22)8-9-18(17)29-2/h3-10,12H,11H2,1-2H3,(H,24,25,26). The van der Waals surface area contributed by atoms with E-state index in [9.17, 15) is 4.79 Å². The second-order valence-corrected chi connectivity index (χ2v) is 8.63. The van der Waals surface area contributed by atoms with Crippen molar-refractivity contribution in [1.82, 2.24) is 20.2 Å². The minimum absolute atomic E-state index is 0.0890. The minimum atomic E-state index is -0.0890. The Balaban J connectivity index is 1.47. The van der Waals surface area contributed by atoms with Gasteiger partial charge in [0.25, 0.3) is 0 Å². The first-order valence-corrected chi connectivity index (χ1v) is 11.5. The predicted octanol–water partition coefficient (Wildman–Crippen LogP) is 5.57. The van der Waals surface area contributed by atoms with Gasteiger partial charge in [0.05, 0.1) is 24.1 Å². The van der Waals surface area contributed by atoms with Crippen LogP contribution < -0.4 is 9.64 Å². The summed E-state index contributed by atoms with van der Waals surface area (Å²) in [6.45, 7) is 1.53. The number of carbonyl (C=O) groups is 1. The third-order valence-corrected chi connectivity index (χ3v) is 6.28. The van der Waals surface area contributed by atoms with Crippen molar-refractivity contribution in [3.63, 3.8) is 0 Å². The molecule has 0 spiro atoms. The molecule has 0 atom stereocenters. The SMILES string of the molecule is COc1ccc(Cl)cc1-c1nc(SCc2csc(N(C(C)=O)c3ccccc3)n2)n[nH]1. The summed E-state index contributed by atoms with van der Waals surface area (Å²) in [6.07, 6.45) is 0. The Kier molecular flexibility index (Phi) is 6.55. The number of ether oxygens (including phenoxy) is 1. The van der Waals surface area contributed by atoms with Gasteiger partial charge in [-0.1, -0.05) is 41.6 Å². The molecule has 158 valence electrons. The third-order valence-electron chi connectivity index (χ3n) is 4.29. The zero-order valence-electron chi connectivity index (χ0n) is 16.7. The molecule has 2 aromatic heterocycles. The van der Waals surface area contributed by atoms with Gasteiger partial charge in [0.2, 0.25) is 11.1 Å². The molecule has 2 heterocycles. The molecule has 0 bridgehead atoms. The van der Waals surface area contributed by atoms with Crippen LogP contribution in [0.1, 0.15) is 12.6 Å². The highest BCUT2D eigenvalue weighted by molar-refractivity contribution is 7.98. The Morgan fingerprint density at radius 2 is 2.03 bits per heavy atom. The molecule has 10 heteroatoms. The summed E-state index contributed by atoms with van der Waals surface area (Å²) in [5.41, 5.74) is 2.38. The Labute approximate surface area is 192 Å². The van der Waals surface area contributed by atoms with Crippen molar-refractivity contribution in [1.29, 1.82) is 0 Å². The number of rotatable bonds is 7. The van der Waals surface area contributed by atoms with Crippen molar-refractivity contribution in [2.75, 3.05) is 12.0 Å². The minimum Gasteiger partial charge on any atom is -0.496 e. The van der Waals surface area contributed by atoms with Gasteiger partial charge >= 0.3 is 0 Å². The number of hydrogen-bond acceptors (Lipinski definition) is 7. The van der Waals surface area contributed by atoms with Crippen molar-refractivity contribution in [2.24, 2.45) is 0 Å². The Hall–Kier alpha value is -2.88. The maximum Gasteiger partial charge on any atom is 0.230 e. The smallest absolute Gasteiger partial charge is 0.230 e. The molecule has 0 unspecified atom stereocenters. The van der Waals surface area contributed by atoms with Gasteiger partial charge in [0, 0.05) is 23.1 Å². The van der Waals surface area contributed by atoms with Crippen LogP contribution in [-0.4, -0.2) is 33.2 Å². The number of hydrogen-bond donors (Lipinski definition) is 1. The Bertz CT molecular complexity index is 1200. The second-order valence-electron chi connectivity index (χ2n) is 6.41. The topological polar surface area (TPSA) is 84.0 Å². The first-order chi connectivity index (χ1) is 15.0. The third kappa shape index (κ3) is 4.90. The maximum atomic E-state index is 12.2. The van der Waals surface area contributed by atoms with Crippen LogP contribution in [0.4, 0.5) is 10.8 Å². The van der Waals surface area contributed by atoms with Crippen molar-refractivity contribution in [2.45, 2.75) is 17.8 Å². The lowest BCUT2D eigenvalue weighted by atomic mass is 10.2. The van der Waals surface area contributed by atoms with Gasteiger partial charge in [-0.2, -0.15) is 0 Å². The summed E-state index contributed by atoms with van der Waals surface area (Å²) in [5.74, 6) is 1.72. The molecule has 31 heavy (non-hydrogen) atoms. The van der Waals surface area contributed by atoms with Gasteiger partial charge in [-0.25, -0.2) is 9.97 Å². The number of benzene rings is 2. The van der Waals surface area contributed by atoms with Crippen molar-refractivity contribution >= 4 is 51.4 Å². The summed E-state index contributed by atoms with van der Waals surface area (Å²) >= 11 is 8.98. The molecule has 2 aromatic carbocycles. The lowest BCUT2D eigenvalue weighted by Crippen LogP contribution is -2.22. The number of carbonyl (C=O) groups excluding carboxylic acids is 1. The van der Waals surface area contributed by atoms with Gasteiger partial charge in [-0.15, -0.1) is 16.4 Å². The number of nitrogens with one attached hydrogen (secondary N) is 1. The fraction of sp³-hybridized carbons (Fsp3) is 0.143. The molecule has 0 aliphatic carbocycles. The van der Waals surface area contributed by atoms with E-state index in [0.717, 1.165) is 16.9 Å². The van der Waals surface area contributed by atoms with E-state index < -0.39 is 0 Å². The molecule has 0 fully saturated rings. The average Bonchev–Trinajstić information content (AvgIpc) is 3.43. The number of aromatic nitrogens is 4. The summed E-state index contributed by atoms with van der Waals surface area (Å²) in [6, 6.07) is 14.8. The van der Waals surface area contributed by atoms with E-state index in [1.807, 2.05) is 35.7 Å². The molecule has 1 amide bonds. The van der Waals surface area contributed by atoms with Crippen LogP contribution in [0.15, 0.2) is 59.1 Å². The van der Waals surface area contributed by atoms with E-state index in [-0.39, 0.29) is 5.91 Å².